The molecule has 0 radical (unpaired) electrons. The first-order chi connectivity index (χ1) is 27.7. The lowest BCUT2D eigenvalue weighted by Gasteiger charge is -2.12. The van der Waals surface area contributed by atoms with Gasteiger partial charge in [-0.05, 0) is 70.8 Å². The molecule has 0 atom stereocenters. The van der Waals surface area contributed by atoms with Crippen LogP contribution in [0.25, 0.3) is 104 Å². The number of rotatable bonds is 6. The zero-order chi connectivity index (χ0) is 37.0. The van der Waals surface area contributed by atoms with Crippen molar-refractivity contribution in [3.63, 3.8) is 0 Å². The van der Waals surface area contributed by atoms with Crippen LogP contribution < -0.4 is 0 Å². The molecule has 0 aliphatic carbocycles. The number of hydrogen-bond acceptors (Lipinski definition) is 3. The predicted molar refractivity (Wildman–Crippen MR) is 236 cm³/mol. The van der Waals surface area contributed by atoms with Crippen molar-refractivity contribution in [3.8, 4) is 61.8 Å². The third-order valence-electron chi connectivity index (χ3n) is 10.8. The lowest BCUT2D eigenvalue weighted by Crippen LogP contribution is -1.97. The second-order valence-electron chi connectivity index (χ2n) is 14.2. The number of para-hydroxylation sites is 1. The van der Waals surface area contributed by atoms with Gasteiger partial charge in [-0.15, -0.1) is 11.3 Å². The summed E-state index contributed by atoms with van der Waals surface area (Å²) in [6, 6.07) is 71.4. The van der Waals surface area contributed by atoms with Crippen LogP contribution in [0, 0.1) is 0 Å². The van der Waals surface area contributed by atoms with Crippen molar-refractivity contribution in [1.29, 1.82) is 0 Å². The molecule has 0 amide bonds. The predicted octanol–water partition coefficient (Wildman–Crippen LogP) is 14.3. The van der Waals surface area contributed by atoms with Crippen LogP contribution in [-0.2, 0) is 0 Å². The van der Waals surface area contributed by atoms with E-state index in [2.05, 4.69) is 205 Å². The molecule has 0 fully saturated rings. The van der Waals surface area contributed by atoms with Gasteiger partial charge in [0.15, 0.2) is 5.82 Å². The molecule has 0 unspecified atom stereocenters. The fourth-order valence-electron chi connectivity index (χ4n) is 8.15. The fourth-order valence-corrected chi connectivity index (χ4v) is 9.24. The topological polar surface area (TPSA) is 30.7 Å². The first-order valence-electron chi connectivity index (χ1n) is 18.9. The van der Waals surface area contributed by atoms with E-state index in [4.69, 9.17) is 9.97 Å². The second kappa shape index (κ2) is 13.3. The van der Waals surface area contributed by atoms with E-state index in [1.165, 1.54) is 42.2 Å². The van der Waals surface area contributed by atoms with Gasteiger partial charge in [0, 0.05) is 53.3 Å². The van der Waals surface area contributed by atoms with Gasteiger partial charge in [0.25, 0.3) is 0 Å². The van der Waals surface area contributed by atoms with Crippen molar-refractivity contribution < 1.29 is 0 Å². The molecule has 0 aliphatic heterocycles. The minimum atomic E-state index is 0.697. The Hall–Kier alpha value is -7.14. The molecule has 0 saturated carbocycles. The van der Waals surface area contributed by atoms with E-state index in [1.807, 2.05) is 11.3 Å². The van der Waals surface area contributed by atoms with Gasteiger partial charge < -0.3 is 4.57 Å². The van der Waals surface area contributed by atoms with Crippen LogP contribution in [0.4, 0.5) is 0 Å². The van der Waals surface area contributed by atoms with Crippen LogP contribution in [0.5, 0.6) is 0 Å². The Morgan fingerprint density at radius 3 is 1.73 bits per heavy atom. The van der Waals surface area contributed by atoms with Gasteiger partial charge in [0.2, 0.25) is 0 Å². The van der Waals surface area contributed by atoms with Gasteiger partial charge >= 0.3 is 0 Å². The van der Waals surface area contributed by atoms with Crippen LogP contribution in [0.2, 0.25) is 0 Å². The maximum atomic E-state index is 5.39. The highest BCUT2D eigenvalue weighted by Gasteiger charge is 2.20. The highest BCUT2D eigenvalue weighted by molar-refractivity contribution is 7.25. The first-order valence-corrected chi connectivity index (χ1v) is 19.7. The Labute approximate surface area is 328 Å². The van der Waals surface area contributed by atoms with Crippen molar-refractivity contribution in [2.75, 3.05) is 0 Å². The minimum Gasteiger partial charge on any atom is -0.309 e. The highest BCUT2D eigenvalue weighted by Crippen LogP contribution is 2.41. The molecule has 0 N–H and O–H groups in total. The highest BCUT2D eigenvalue weighted by atomic mass is 32.1. The zero-order valence-electron chi connectivity index (χ0n) is 30.3. The van der Waals surface area contributed by atoms with Crippen molar-refractivity contribution in [1.82, 2.24) is 14.5 Å². The van der Waals surface area contributed by atoms with Crippen molar-refractivity contribution in [2.24, 2.45) is 0 Å². The van der Waals surface area contributed by atoms with Gasteiger partial charge in [0.05, 0.1) is 22.4 Å². The Morgan fingerprint density at radius 1 is 0.357 bits per heavy atom. The first kappa shape index (κ1) is 32.3. The summed E-state index contributed by atoms with van der Waals surface area (Å²) in [6.07, 6.45) is 0. The van der Waals surface area contributed by atoms with Gasteiger partial charge in [0.1, 0.15) is 0 Å². The number of nitrogens with zero attached hydrogens (tertiary/aromatic N) is 3. The summed E-state index contributed by atoms with van der Waals surface area (Å²) in [5.74, 6) is 0.697. The van der Waals surface area contributed by atoms with Crippen LogP contribution in [-0.4, -0.2) is 14.5 Å². The largest absolute Gasteiger partial charge is 0.309 e. The van der Waals surface area contributed by atoms with Crippen LogP contribution in [0.3, 0.4) is 0 Å². The normalized spacial score (nSPS) is 11.6. The summed E-state index contributed by atoms with van der Waals surface area (Å²) in [6.45, 7) is 0. The molecule has 11 aromatic rings. The number of benzene rings is 8. The van der Waals surface area contributed by atoms with E-state index in [0.717, 1.165) is 55.7 Å². The molecular weight excluding hydrogens is 699 g/mol. The van der Waals surface area contributed by atoms with E-state index in [-0.39, 0.29) is 0 Å². The Bertz CT molecular complexity index is 3230. The van der Waals surface area contributed by atoms with Gasteiger partial charge in [-0.1, -0.05) is 152 Å². The SMILES string of the molecule is c1ccc(-c2ccc(-c3cc(-c4cccc(-c5ccccc5)c4)nc(-c4cccc5c4c4ccccc4n5-c4ccc5sc6ccccc6c5c4)n3)cc2)cc1. The third-order valence-corrected chi connectivity index (χ3v) is 12.0. The number of hydrogen-bond donors (Lipinski definition) is 0. The van der Waals surface area contributed by atoms with E-state index in [9.17, 15) is 0 Å². The molecule has 3 heterocycles. The molecule has 56 heavy (non-hydrogen) atoms. The maximum Gasteiger partial charge on any atom is 0.161 e. The lowest BCUT2D eigenvalue weighted by atomic mass is 9.99. The van der Waals surface area contributed by atoms with Crippen molar-refractivity contribution >= 4 is 53.3 Å². The molecule has 0 saturated heterocycles. The summed E-state index contributed by atoms with van der Waals surface area (Å²) in [5, 5.41) is 4.88. The molecule has 8 aromatic carbocycles. The molecular formula is C52H33N3S. The molecule has 3 aromatic heterocycles. The lowest BCUT2D eigenvalue weighted by molar-refractivity contribution is 1.18. The summed E-state index contributed by atoms with van der Waals surface area (Å²) in [7, 11) is 0. The Morgan fingerprint density at radius 2 is 0.929 bits per heavy atom. The Kier molecular flexibility index (Phi) is 7.68. The summed E-state index contributed by atoms with van der Waals surface area (Å²) in [5.41, 5.74) is 12.9. The number of thiophene rings is 1. The molecule has 262 valence electrons. The average molecular weight is 732 g/mol. The van der Waals surface area contributed by atoms with Gasteiger partial charge in [-0.2, -0.15) is 0 Å². The van der Waals surface area contributed by atoms with Crippen LogP contribution in [0.1, 0.15) is 0 Å². The minimum absolute atomic E-state index is 0.697. The molecule has 11 rings (SSSR count). The second-order valence-corrected chi connectivity index (χ2v) is 15.3. The summed E-state index contributed by atoms with van der Waals surface area (Å²) < 4.78 is 5.00. The smallest absolute Gasteiger partial charge is 0.161 e. The molecule has 3 nitrogen and oxygen atoms in total. The van der Waals surface area contributed by atoms with E-state index in [0.29, 0.717) is 5.82 Å². The molecule has 0 aliphatic rings. The monoisotopic (exact) mass is 731 g/mol. The molecule has 4 heteroatoms. The fraction of sp³-hybridized carbons (Fsp3) is 0. The van der Waals surface area contributed by atoms with E-state index in [1.54, 1.807) is 0 Å². The standard InChI is InChI=1S/C52H33N3S/c1-3-13-34(14-4-1)36-25-27-37(28-26-36)45-33-46(39-18-11-17-38(31-39)35-15-5-2-6-16-35)54-52(53-45)43-21-12-23-48-51(43)42-20-7-9-22-47(42)55(48)40-29-30-50-44(32-40)41-19-8-10-24-49(41)56-50/h1-33H. The summed E-state index contributed by atoms with van der Waals surface area (Å²) >= 11 is 1.85. The van der Waals surface area contributed by atoms with Crippen molar-refractivity contribution in [2.45, 2.75) is 0 Å². The molecule has 0 spiro atoms. The summed E-state index contributed by atoms with van der Waals surface area (Å²) in [4.78, 5) is 10.8. The van der Waals surface area contributed by atoms with Crippen LogP contribution >= 0.6 is 11.3 Å². The quantitative estimate of drug-likeness (QED) is 0.170. The van der Waals surface area contributed by atoms with E-state index < -0.39 is 0 Å². The van der Waals surface area contributed by atoms with Crippen LogP contribution in [0.15, 0.2) is 200 Å². The van der Waals surface area contributed by atoms with Gasteiger partial charge in [-0.3, -0.25) is 0 Å². The number of aromatic nitrogens is 3. The average Bonchev–Trinajstić information content (AvgIpc) is 3.82. The van der Waals surface area contributed by atoms with Crippen molar-refractivity contribution in [3.05, 3.63) is 200 Å². The molecule has 0 bridgehead atoms. The zero-order valence-corrected chi connectivity index (χ0v) is 31.1. The maximum absolute atomic E-state index is 5.39. The third kappa shape index (κ3) is 5.50. The Balaban J connectivity index is 1.12. The number of fused-ring (bicyclic) bond motifs is 6. The van der Waals surface area contributed by atoms with E-state index >= 15 is 0 Å². The van der Waals surface area contributed by atoms with Gasteiger partial charge in [-0.25, -0.2) is 9.97 Å².